The van der Waals surface area contributed by atoms with Crippen molar-refractivity contribution in [2.24, 2.45) is 0 Å². The Hall–Kier alpha value is -1.45. The summed E-state index contributed by atoms with van der Waals surface area (Å²) in [6.07, 6.45) is 9.29. The van der Waals surface area contributed by atoms with Crippen LogP contribution in [0.1, 0.15) is 31.2 Å². The van der Waals surface area contributed by atoms with E-state index < -0.39 is 0 Å². The van der Waals surface area contributed by atoms with Gasteiger partial charge in [-0.1, -0.05) is 30.7 Å². The lowest BCUT2D eigenvalue weighted by atomic mass is 9.98. The molecule has 0 saturated carbocycles. The van der Waals surface area contributed by atoms with Crippen LogP contribution in [0.5, 0.6) is 0 Å². The van der Waals surface area contributed by atoms with Crippen LogP contribution in [-0.4, -0.2) is 36.1 Å². The van der Waals surface area contributed by atoms with E-state index in [4.69, 9.17) is 0 Å². The Morgan fingerprint density at radius 2 is 2.14 bits per heavy atom. The molecule has 112 valence electrons. The molecule has 3 rings (SSSR count). The largest absolute Gasteiger partial charge is 0.320 e. The van der Waals surface area contributed by atoms with Crippen molar-refractivity contribution in [2.45, 2.75) is 38.3 Å². The SMILES string of the molecule is CNCCC1CCCCN1Cc1cncc2ccccc12. The van der Waals surface area contributed by atoms with Crippen molar-refractivity contribution in [1.82, 2.24) is 15.2 Å². The van der Waals surface area contributed by atoms with Gasteiger partial charge in [0.05, 0.1) is 0 Å². The Labute approximate surface area is 127 Å². The van der Waals surface area contributed by atoms with Gasteiger partial charge < -0.3 is 5.32 Å². The summed E-state index contributed by atoms with van der Waals surface area (Å²) in [4.78, 5) is 7.08. The molecule has 0 aliphatic carbocycles. The Kier molecular flexibility index (Phi) is 4.84. The molecule has 1 fully saturated rings. The average Bonchev–Trinajstić information content (AvgIpc) is 2.54. The normalized spacial score (nSPS) is 20.0. The van der Waals surface area contributed by atoms with Crippen LogP contribution < -0.4 is 5.32 Å². The molecule has 0 amide bonds. The van der Waals surface area contributed by atoms with E-state index in [0.717, 1.165) is 13.1 Å². The van der Waals surface area contributed by atoms with Crippen LogP contribution in [0.25, 0.3) is 10.8 Å². The molecule has 3 nitrogen and oxygen atoms in total. The molecule has 2 aromatic rings. The lowest BCUT2D eigenvalue weighted by molar-refractivity contribution is 0.133. The summed E-state index contributed by atoms with van der Waals surface area (Å²) in [5.74, 6) is 0. The van der Waals surface area contributed by atoms with Crippen molar-refractivity contribution >= 4 is 10.8 Å². The minimum Gasteiger partial charge on any atom is -0.320 e. The first-order chi connectivity index (χ1) is 10.4. The minimum atomic E-state index is 0.713. The van der Waals surface area contributed by atoms with Crippen molar-refractivity contribution in [3.63, 3.8) is 0 Å². The number of nitrogens with zero attached hydrogens (tertiary/aromatic N) is 2. The fraction of sp³-hybridized carbons (Fsp3) is 0.500. The summed E-state index contributed by atoms with van der Waals surface area (Å²) in [5.41, 5.74) is 1.37. The van der Waals surface area contributed by atoms with Crippen LogP contribution in [-0.2, 0) is 6.54 Å². The zero-order valence-electron chi connectivity index (χ0n) is 12.9. The van der Waals surface area contributed by atoms with Gasteiger partial charge in [-0.2, -0.15) is 0 Å². The molecule has 0 bridgehead atoms. The molecule has 2 heterocycles. The van der Waals surface area contributed by atoms with Crippen molar-refractivity contribution in [3.8, 4) is 0 Å². The molecule has 1 aliphatic heterocycles. The Balaban J connectivity index is 1.79. The van der Waals surface area contributed by atoms with Crippen molar-refractivity contribution in [3.05, 3.63) is 42.2 Å². The fourth-order valence-electron chi connectivity index (χ4n) is 3.43. The second kappa shape index (κ2) is 7.01. The number of fused-ring (bicyclic) bond motifs is 1. The summed E-state index contributed by atoms with van der Waals surface area (Å²) in [6, 6.07) is 9.30. The highest BCUT2D eigenvalue weighted by atomic mass is 15.2. The van der Waals surface area contributed by atoms with E-state index in [0.29, 0.717) is 6.04 Å². The predicted octanol–water partition coefficient (Wildman–Crippen LogP) is 3.20. The smallest absolute Gasteiger partial charge is 0.0346 e. The van der Waals surface area contributed by atoms with Gasteiger partial charge in [-0.15, -0.1) is 0 Å². The van der Waals surface area contributed by atoms with Gasteiger partial charge in [-0.25, -0.2) is 0 Å². The first-order valence-corrected chi connectivity index (χ1v) is 8.09. The van der Waals surface area contributed by atoms with Crippen LogP contribution in [0.2, 0.25) is 0 Å². The molecular weight excluding hydrogens is 258 g/mol. The fourth-order valence-corrected chi connectivity index (χ4v) is 3.43. The number of nitrogens with one attached hydrogen (secondary N) is 1. The number of hydrogen-bond donors (Lipinski definition) is 1. The summed E-state index contributed by atoms with van der Waals surface area (Å²) in [7, 11) is 2.04. The molecule has 1 unspecified atom stereocenters. The average molecular weight is 283 g/mol. The monoisotopic (exact) mass is 283 g/mol. The lowest BCUT2D eigenvalue weighted by Crippen LogP contribution is -2.40. The zero-order chi connectivity index (χ0) is 14.5. The molecule has 1 N–H and O–H groups in total. The summed E-state index contributed by atoms with van der Waals surface area (Å²) in [6.45, 7) is 3.36. The van der Waals surface area contributed by atoms with E-state index in [1.54, 1.807) is 0 Å². The van der Waals surface area contributed by atoms with Gasteiger partial charge in [0, 0.05) is 30.4 Å². The molecule has 1 saturated heterocycles. The number of pyridine rings is 1. The third kappa shape index (κ3) is 3.42. The molecule has 1 aromatic carbocycles. The highest BCUT2D eigenvalue weighted by Gasteiger charge is 2.22. The van der Waals surface area contributed by atoms with Gasteiger partial charge in [-0.3, -0.25) is 9.88 Å². The Morgan fingerprint density at radius 3 is 3.05 bits per heavy atom. The van der Waals surface area contributed by atoms with E-state index in [9.17, 15) is 0 Å². The van der Waals surface area contributed by atoms with Gasteiger partial charge in [0.2, 0.25) is 0 Å². The van der Waals surface area contributed by atoms with Crippen LogP contribution in [0.4, 0.5) is 0 Å². The van der Waals surface area contributed by atoms with Crippen molar-refractivity contribution in [2.75, 3.05) is 20.1 Å². The maximum atomic E-state index is 4.43. The lowest BCUT2D eigenvalue weighted by Gasteiger charge is -2.36. The van der Waals surface area contributed by atoms with Gasteiger partial charge in [0.15, 0.2) is 0 Å². The molecule has 1 atom stereocenters. The third-order valence-electron chi connectivity index (χ3n) is 4.60. The first kappa shape index (κ1) is 14.5. The molecule has 1 aromatic heterocycles. The molecular formula is C18H25N3. The first-order valence-electron chi connectivity index (χ1n) is 8.09. The van der Waals surface area contributed by atoms with E-state index in [1.807, 2.05) is 19.4 Å². The minimum absolute atomic E-state index is 0.713. The highest BCUT2D eigenvalue weighted by molar-refractivity contribution is 5.84. The van der Waals surface area contributed by atoms with Crippen molar-refractivity contribution in [1.29, 1.82) is 0 Å². The standard InChI is InChI=1S/C18H25N3/c1-19-10-9-17-7-4-5-11-21(17)14-16-13-20-12-15-6-2-3-8-18(15)16/h2-3,6,8,12-13,17,19H,4-5,7,9-11,14H2,1H3. The number of aromatic nitrogens is 1. The number of likely N-dealkylation sites (tertiary alicyclic amines) is 1. The van der Waals surface area contributed by atoms with E-state index in [-0.39, 0.29) is 0 Å². The number of piperidine rings is 1. The summed E-state index contributed by atoms with van der Waals surface area (Å²) in [5, 5.41) is 5.89. The number of benzene rings is 1. The second-order valence-corrected chi connectivity index (χ2v) is 6.03. The molecule has 21 heavy (non-hydrogen) atoms. The number of hydrogen-bond acceptors (Lipinski definition) is 3. The maximum Gasteiger partial charge on any atom is 0.0346 e. The molecule has 0 spiro atoms. The van der Waals surface area contributed by atoms with Crippen molar-refractivity contribution < 1.29 is 0 Å². The topological polar surface area (TPSA) is 28.2 Å². The van der Waals surface area contributed by atoms with Crippen LogP contribution in [0.15, 0.2) is 36.7 Å². The van der Waals surface area contributed by atoms with Crippen LogP contribution in [0.3, 0.4) is 0 Å². The highest BCUT2D eigenvalue weighted by Crippen LogP contribution is 2.24. The Morgan fingerprint density at radius 1 is 1.24 bits per heavy atom. The van der Waals surface area contributed by atoms with Gasteiger partial charge in [0.1, 0.15) is 0 Å². The predicted molar refractivity (Wildman–Crippen MR) is 88.3 cm³/mol. The van der Waals surface area contributed by atoms with E-state index in [1.165, 1.54) is 48.6 Å². The van der Waals surface area contributed by atoms with Gasteiger partial charge in [-0.05, 0) is 50.3 Å². The van der Waals surface area contributed by atoms with Gasteiger partial charge in [0.25, 0.3) is 0 Å². The van der Waals surface area contributed by atoms with E-state index >= 15 is 0 Å². The number of rotatable bonds is 5. The molecule has 3 heteroatoms. The van der Waals surface area contributed by atoms with E-state index in [2.05, 4.69) is 39.5 Å². The van der Waals surface area contributed by atoms with Crippen LogP contribution in [0, 0.1) is 0 Å². The molecule has 1 aliphatic rings. The van der Waals surface area contributed by atoms with Crippen LogP contribution >= 0.6 is 0 Å². The summed E-state index contributed by atoms with van der Waals surface area (Å²) < 4.78 is 0. The zero-order valence-corrected chi connectivity index (χ0v) is 12.9. The molecule has 0 radical (unpaired) electrons. The Bertz CT molecular complexity index is 576. The second-order valence-electron chi connectivity index (χ2n) is 6.03. The maximum absolute atomic E-state index is 4.43. The quantitative estimate of drug-likeness (QED) is 0.913. The summed E-state index contributed by atoms with van der Waals surface area (Å²) >= 11 is 0. The van der Waals surface area contributed by atoms with Gasteiger partial charge >= 0.3 is 0 Å². The third-order valence-corrected chi connectivity index (χ3v) is 4.60.